The van der Waals surface area contributed by atoms with E-state index in [1.165, 1.54) is 37.4 Å². The molecule has 1 amide bonds. The predicted octanol–water partition coefficient (Wildman–Crippen LogP) is 3.03. The maximum Gasteiger partial charge on any atom is 0.263 e. The Morgan fingerprint density at radius 2 is 1.92 bits per heavy atom. The van der Waals surface area contributed by atoms with Gasteiger partial charge in [0.25, 0.3) is 5.56 Å². The van der Waals surface area contributed by atoms with Crippen LogP contribution >= 0.6 is 0 Å². The number of rotatable bonds is 10. The molecule has 1 aliphatic heterocycles. The fourth-order valence-corrected chi connectivity index (χ4v) is 4.54. The third-order valence-corrected chi connectivity index (χ3v) is 6.32. The van der Waals surface area contributed by atoms with Gasteiger partial charge in [-0.25, -0.2) is 15.0 Å². The van der Waals surface area contributed by atoms with E-state index in [0.29, 0.717) is 35.0 Å². The van der Waals surface area contributed by atoms with Gasteiger partial charge in [0, 0.05) is 30.4 Å². The van der Waals surface area contributed by atoms with E-state index >= 15 is 0 Å². The first kappa shape index (κ1) is 26.5. The van der Waals surface area contributed by atoms with Gasteiger partial charge >= 0.3 is 0 Å². The third kappa shape index (κ3) is 7.03. The van der Waals surface area contributed by atoms with E-state index in [2.05, 4.69) is 25.2 Å². The van der Waals surface area contributed by atoms with Crippen LogP contribution in [0, 0.1) is 0 Å². The Labute approximate surface area is 217 Å². The summed E-state index contributed by atoms with van der Waals surface area (Å²) in [5, 5.41) is 3.13. The van der Waals surface area contributed by atoms with Crippen molar-refractivity contribution in [3.05, 3.63) is 40.9 Å². The summed E-state index contributed by atoms with van der Waals surface area (Å²) in [6.45, 7) is 7.40. The molecule has 0 saturated carbocycles. The number of carbonyl (C=O) groups is 1. The van der Waals surface area contributed by atoms with E-state index in [1.807, 2.05) is 13.8 Å². The summed E-state index contributed by atoms with van der Waals surface area (Å²) in [4.78, 5) is 41.9. The molecule has 0 aromatic carbocycles. The first-order valence-electron chi connectivity index (χ1n) is 13.0. The van der Waals surface area contributed by atoms with Crippen molar-refractivity contribution in [3.63, 3.8) is 0 Å². The zero-order chi connectivity index (χ0) is 26.2. The number of nitrogens with zero attached hydrogens (tertiary/aromatic N) is 5. The molecule has 0 radical (unpaired) electrons. The Morgan fingerprint density at radius 3 is 2.65 bits per heavy atom. The first-order chi connectivity index (χ1) is 17.9. The number of hydrogen-bond acceptors (Lipinski definition) is 8. The topological polar surface area (TPSA) is 111 Å². The highest BCUT2D eigenvalue weighted by molar-refractivity contribution is 5.80. The van der Waals surface area contributed by atoms with Gasteiger partial charge in [0.05, 0.1) is 25.3 Å². The van der Waals surface area contributed by atoms with Crippen molar-refractivity contribution in [1.82, 2.24) is 29.7 Å². The van der Waals surface area contributed by atoms with Crippen LogP contribution in [0.5, 0.6) is 11.6 Å². The highest BCUT2D eigenvalue weighted by Gasteiger charge is 2.18. The van der Waals surface area contributed by atoms with Gasteiger partial charge in [-0.2, -0.15) is 0 Å². The summed E-state index contributed by atoms with van der Waals surface area (Å²) in [7, 11) is 1.51. The molecule has 1 aliphatic rings. The van der Waals surface area contributed by atoms with E-state index in [1.54, 1.807) is 30.6 Å². The van der Waals surface area contributed by atoms with Crippen molar-refractivity contribution in [2.45, 2.75) is 58.5 Å². The summed E-state index contributed by atoms with van der Waals surface area (Å²) < 4.78 is 12.5. The molecule has 10 nitrogen and oxygen atoms in total. The first-order valence-corrected chi connectivity index (χ1v) is 13.0. The number of methoxy groups -OCH3 is 1. The van der Waals surface area contributed by atoms with E-state index < -0.39 is 0 Å². The molecule has 198 valence electrons. The molecule has 1 fully saturated rings. The molecule has 1 N–H and O–H groups in total. The normalized spacial score (nSPS) is 14.5. The molecule has 0 atom stereocenters. The smallest absolute Gasteiger partial charge is 0.263 e. The number of nitrogens with one attached hydrogen (secondary N) is 1. The summed E-state index contributed by atoms with van der Waals surface area (Å²) >= 11 is 0. The van der Waals surface area contributed by atoms with Crippen LogP contribution in [-0.2, 0) is 11.3 Å². The van der Waals surface area contributed by atoms with Crippen molar-refractivity contribution in [3.8, 4) is 23.0 Å². The van der Waals surface area contributed by atoms with Crippen molar-refractivity contribution >= 4 is 16.9 Å². The van der Waals surface area contributed by atoms with Crippen LogP contribution in [0.2, 0.25) is 0 Å². The lowest BCUT2D eigenvalue weighted by Crippen LogP contribution is -2.37. The number of fused-ring (bicyclic) bond motifs is 1. The Hall–Kier alpha value is -3.53. The summed E-state index contributed by atoms with van der Waals surface area (Å²) in [6.07, 6.45) is 9.22. The van der Waals surface area contributed by atoms with Crippen molar-refractivity contribution in [2.24, 2.45) is 0 Å². The highest BCUT2D eigenvalue weighted by atomic mass is 16.5. The molecule has 0 aliphatic carbocycles. The minimum Gasteiger partial charge on any atom is -0.492 e. The number of likely N-dealkylation sites (tertiary alicyclic amines) is 1. The second-order valence-corrected chi connectivity index (χ2v) is 9.64. The van der Waals surface area contributed by atoms with Gasteiger partial charge in [-0.3, -0.25) is 14.2 Å². The third-order valence-electron chi connectivity index (χ3n) is 6.32. The van der Waals surface area contributed by atoms with Crippen LogP contribution in [0.4, 0.5) is 0 Å². The number of pyridine rings is 2. The molecular formula is C27H36N6O4. The molecule has 10 heteroatoms. The molecular weight excluding hydrogens is 472 g/mol. The number of ether oxygens (including phenoxy) is 2. The maximum atomic E-state index is 13.6. The molecule has 0 bridgehead atoms. The predicted molar refractivity (Wildman–Crippen MR) is 142 cm³/mol. The zero-order valence-corrected chi connectivity index (χ0v) is 21.9. The van der Waals surface area contributed by atoms with Gasteiger partial charge in [0.2, 0.25) is 11.8 Å². The Bertz CT molecular complexity index is 1270. The Kier molecular flexibility index (Phi) is 9.05. The monoisotopic (exact) mass is 508 g/mol. The largest absolute Gasteiger partial charge is 0.492 e. The van der Waals surface area contributed by atoms with Gasteiger partial charge in [-0.1, -0.05) is 12.8 Å². The quantitative estimate of drug-likeness (QED) is 0.416. The van der Waals surface area contributed by atoms with Crippen LogP contribution in [0.25, 0.3) is 22.4 Å². The Balaban J connectivity index is 1.59. The van der Waals surface area contributed by atoms with E-state index in [-0.39, 0.29) is 29.7 Å². The average Bonchev–Trinajstić information content (AvgIpc) is 3.17. The van der Waals surface area contributed by atoms with Gasteiger partial charge in [0.1, 0.15) is 18.1 Å². The molecule has 4 rings (SSSR count). The minimum atomic E-state index is -0.364. The highest BCUT2D eigenvalue weighted by Crippen LogP contribution is 2.23. The van der Waals surface area contributed by atoms with Crippen LogP contribution in [0.15, 0.2) is 35.4 Å². The molecule has 37 heavy (non-hydrogen) atoms. The van der Waals surface area contributed by atoms with Crippen LogP contribution in [0.1, 0.15) is 46.0 Å². The van der Waals surface area contributed by atoms with Gasteiger partial charge in [0.15, 0.2) is 5.65 Å². The van der Waals surface area contributed by atoms with Crippen LogP contribution < -0.4 is 20.3 Å². The molecule has 3 aromatic heterocycles. The fourth-order valence-electron chi connectivity index (χ4n) is 4.54. The van der Waals surface area contributed by atoms with Crippen LogP contribution in [-0.4, -0.2) is 69.7 Å². The maximum absolute atomic E-state index is 13.6. The van der Waals surface area contributed by atoms with Crippen molar-refractivity contribution in [2.75, 3.05) is 33.4 Å². The Morgan fingerprint density at radius 1 is 1.14 bits per heavy atom. The second kappa shape index (κ2) is 12.6. The summed E-state index contributed by atoms with van der Waals surface area (Å²) in [5.74, 6) is 0.922. The van der Waals surface area contributed by atoms with Gasteiger partial charge in [-0.15, -0.1) is 0 Å². The molecule has 0 spiro atoms. The molecule has 4 heterocycles. The summed E-state index contributed by atoms with van der Waals surface area (Å²) in [5.41, 5.74) is 0.518. The van der Waals surface area contributed by atoms with Gasteiger partial charge in [-0.05, 0) is 58.3 Å². The van der Waals surface area contributed by atoms with E-state index in [9.17, 15) is 9.59 Å². The van der Waals surface area contributed by atoms with Gasteiger partial charge < -0.3 is 19.7 Å². The van der Waals surface area contributed by atoms with Crippen molar-refractivity contribution in [1.29, 1.82) is 0 Å². The standard InChI is InChI=1S/C27H36N6O4/c1-19(2)30-23(34)18-33-26(20-9-10-28-24(15-20)36-3)31-25-22(27(33)35)16-21(17-29-25)37-14-8-13-32-11-6-4-5-7-12-32/h9-10,15-17,19H,4-8,11-14,18H2,1-3H3,(H,30,34). The lowest BCUT2D eigenvalue weighted by atomic mass is 10.2. The zero-order valence-electron chi connectivity index (χ0n) is 21.9. The minimum absolute atomic E-state index is 0.0583. The molecule has 3 aromatic rings. The SMILES string of the molecule is COc1cc(-c2nc3ncc(OCCCN4CCCCCC4)cc3c(=O)n2CC(=O)NC(C)C)ccn1. The van der Waals surface area contributed by atoms with E-state index in [4.69, 9.17) is 9.47 Å². The lowest BCUT2D eigenvalue weighted by molar-refractivity contribution is -0.122. The van der Waals surface area contributed by atoms with E-state index in [0.717, 1.165) is 26.1 Å². The number of hydrogen-bond donors (Lipinski definition) is 1. The molecule has 1 saturated heterocycles. The summed E-state index contributed by atoms with van der Waals surface area (Å²) in [6, 6.07) is 5.00. The van der Waals surface area contributed by atoms with Crippen molar-refractivity contribution < 1.29 is 14.3 Å². The van der Waals surface area contributed by atoms with Crippen LogP contribution in [0.3, 0.4) is 0 Å². The average molecular weight is 509 g/mol. The number of carbonyl (C=O) groups excluding carboxylic acids is 1. The lowest BCUT2D eigenvalue weighted by Gasteiger charge is -2.19. The number of aromatic nitrogens is 4. The second-order valence-electron chi connectivity index (χ2n) is 9.64. The fraction of sp³-hybridized carbons (Fsp3) is 0.519. The number of amides is 1. The molecule has 0 unspecified atom stereocenters.